The van der Waals surface area contributed by atoms with E-state index in [1.54, 1.807) is 0 Å². The fraction of sp³-hybridized carbons (Fsp3) is 0.368. The highest BCUT2D eigenvalue weighted by atomic mass is 16.5. The molecule has 21 heavy (non-hydrogen) atoms. The lowest BCUT2D eigenvalue weighted by molar-refractivity contribution is 0.136. The Morgan fingerprint density at radius 1 is 1.10 bits per heavy atom. The third kappa shape index (κ3) is 3.11. The third-order valence-electron chi connectivity index (χ3n) is 4.19. The highest BCUT2D eigenvalue weighted by Gasteiger charge is 2.30. The molecule has 0 fully saturated rings. The first kappa shape index (κ1) is 14.2. The first-order valence-electron chi connectivity index (χ1n) is 7.82. The van der Waals surface area contributed by atoms with Gasteiger partial charge in [-0.1, -0.05) is 48.9 Å². The quantitative estimate of drug-likeness (QED) is 0.913. The molecule has 0 heterocycles. The summed E-state index contributed by atoms with van der Waals surface area (Å²) in [6, 6.07) is 17.3. The van der Waals surface area contributed by atoms with E-state index in [-0.39, 0.29) is 12.1 Å². The highest BCUT2D eigenvalue weighted by Crippen LogP contribution is 2.32. The van der Waals surface area contributed by atoms with Gasteiger partial charge in [0.15, 0.2) is 0 Å². The Hall–Kier alpha value is -1.80. The van der Waals surface area contributed by atoms with Crippen LogP contribution in [0.25, 0.3) is 0 Å². The van der Waals surface area contributed by atoms with Crippen molar-refractivity contribution in [1.82, 2.24) is 5.32 Å². The molecule has 2 unspecified atom stereocenters. The van der Waals surface area contributed by atoms with E-state index < -0.39 is 0 Å². The van der Waals surface area contributed by atoms with E-state index in [4.69, 9.17) is 4.74 Å². The Kier molecular flexibility index (Phi) is 4.26. The number of aryl methyl sites for hydroxylation is 2. The van der Waals surface area contributed by atoms with Crippen LogP contribution in [0.15, 0.2) is 48.5 Å². The lowest BCUT2D eigenvalue weighted by Gasteiger charge is -2.34. The number of benzene rings is 2. The van der Waals surface area contributed by atoms with Gasteiger partial charge >= 0.3 is 0 Å². The molecule has 110 valence electrons. The maximum Gasteiger partial charge on any atom is 0.119 e. The summed E-state index contributed by atoms with van der Waals surface area (Å²) in [6.45, 7) is 5.20. The zero-order valence-electron chi connectivity index (χ0n) is 12.8. The number of fused-ring (bicyclic) bond motifs is 1. The number of ether oxygens (including phenoxy) is 1. The zero-order valence-corrected chi connectivity index (χ0v) is 12.8. The minimum atomic E-state index is 0.197. The minimum absolute atomic E-state index is 0.197. The fourth-order valence-electron chi connectivity index (χ4n) is 3.11. The van der Waals surface area contributed by atoms with Gasteiger partial charge in [0.2, 0.25) is 0 Å². The molecule has 1 aliphatic rings. The maximum absolute atomic E-state index is 6.27. The van der Waals surface area contributed by atoms with E-state index in [0.29, 0.717) is 0 Å². The molecule has 2 aromatic rings. The van der Waals surface area contributed by atoms with Crippen molar-refractivity contribution in [3.63, 3.8) is 0 Å². The third-order valence-corrected chi connectivity index (χ3v) is 4.19. The zero-order chi connectivity index (χ0) is 14.7. The molecule has 0 aromatic heterocycles. The molecule has 1 aliphatic carbocycles. The van der Waals surface area contributed by atoms with Crippen molar-refractivity contribution in [3.8, 4) is 5.75 Å². The molecule has 0 bridgehead atoms. The van der Waals surface area contributed by atoms with E-state index >= 15 is 0 Å². The Morgan fingerprint density at radius 3 is 2.62 bits per heavy atom. The topological polar surface area (TPSA) is 21.3 Å². The summed E-state index contributed by atoms with van der Waals surface area (Å²) in [5.74, 6) is 0.966. The smallest absolute Gasteiger partial charge is 0.119 e. The Morgan fingerprint density at radius 2 is 1.86 bits per heavy atom. The second-order valence-corrected chi connectivity index (χ2v) is 5.74. The van der Waals surface area contributed by atoms with Crippen molar-refractivity contribution >= 4 is 0 Å². The highest BCUT2D eigenvalue weighted by molar-refractivity contribution is 5.34. The van der Waals surface area contributed by atoms with Crippen molar-refractivity contribution in [3.05, 3.63) is 65.2 Å². The van der Waals surface area contributed by atoms with Crippen molar-refractivity contribution in [2.75, 3.05) is 6.54 Å². The minimum Gasteiger partial charge on any atom is -0.488 e. The summed E-state index contributed by atoms with van der Waals surface area (Å²) in [7, 11) is 0. The second kappa shape index (κ2) is 6.31. The molecule has 2 atom stereocenters. The van der Waals surface area contributed by atoms with Crippen molar-refractivity contribution in [1.29, 1.82) is 0 Å². The van der Waals surface area contributed by atoms with Gasteiger partial charge < -0.3 is 10.1 Å². The largest absolute Gasteiger partial charge is 0.488 e. The molecule has 0 spiro atoms. The Bertz CT molecular complexity index is 591. The van der Waals surface area contributed by atoms with Crippen molar-refractivity contribution < 1.29 is 4.74 Å². The molecular formula is C19H23NO. The molecule has 2 heteroatoms. The molecule has 0 saturated carbocycles. The number of likely N-dealkylation sites (N-methyl/N-ethyl adjacent to an activating group) is 1. The van der Waals surface area contributed by atoms with Crippen LogP contribution in [0.1, 0.15) is 36.1 Å². The predicted molar refractivity (Wildman–Crippen MR) is 86.8 cm³/mol. The summed E-state index contributed by atoms with van der Waals surface area (Å²) >= 11 is 0. The first-order valence-corrected chi connectivity index (χ1v) is 7.82. The van der Waals surface area contributed by atoms with Crippen LogP contribution in [0.4, 0.5) is 0 Å². The molecule has 0 amide bonds. The van der Waals surface area contributed by atoms with Gasteiger partial charge in [0.25, 0.3) is 0 Å². The average Bonchev–Trinajstić information content (AvgIpc) is 2.52. The number of rotatable bonds is 4. The fourth-order valence-corrected chi connectivity index (χ4v) is 3.11. The molecular weight excluding hydrogens is 258 g/mol. The number of hydrogen-bond donors (Lipinski definition) is 1. The normalized spacial score (nSPS) is 20.9. The summed E-state index contributed by atoms with van der Waals surface area (Å²) in [5, 5.41) is 3.60. The van der Waals surface area contributed by atoms with Gasteiger partial charge in [-0.2, -0.15) is 0 Å². The molecule has 0 radical (unpaired) electrons. The van der Waals surface area contributed by atoms with Gasteiger partial charge in [-0.15, -0.1) is 0 Å². The molecule has 2 aromatic carbocycles. The van der Waals surface area contributed by atoms with Crippen LogP contribution in [0, 0.1) is 6.92 Å². The summed E-state index contributed by atoms with van der Waals surface area (Å²) in [6.07, 6.45) is 2.35. The number of hydrogen-bond acceptors (Lipinski definition) is 2. The predicted octanol–water partition coefficient (Wildman–Crippen LogP) is 4.04. The van der Waals surface area contributed by atoms with Crippen molar-refractivity contribution in [2.45, 2.75) is 38.8 Å². The van der Waals surface area contributed by atoms with Crippen LogP contribution in [0.2, 0.25) is 0 Å². The summed E-state index contributed by atoms with van der Waals surface area (Å²) in [4.78, 5) is 0. The van der Waals surface area contributed by atoms with Gasteiger partial charge in [0.05, 0.1) is 6.04 Å². The molecule has 1 N–H and O–H groups in total. The Balaban J connectivity index is 1.83. The molecule has 3 rings (SSSR count). The van der Waals surface area contributed by atoms with Crippen LogP contribution in [0.5, 0.6) is 5.75 Å². The second-order valence-electron chi connectivity index (χ2n) is 5.74. The SMILES string of the molecule is CCNC1c2ccccc2CCC1Oc1ccc(C)cc1. The van der Waals surface area contributed by atoms with E-state index in [9.17, 15) is 0 Å². The Labute approximate surface area is 127 Å². The lowest BCUT2D eigenvalue weighted by Crippen LogP contribution is -2.39. The van der Waals surface area contributed by atoms with E-state index in [1.807, 2.05) is 0 Å². The summed E-state index contributed by atoms with van der Waals surface area (Å²) in [5.41, 5.74) is 4.11. The average molecular weight is 281 g/mol. The van der Waals surface area contributed by atoms with Crippen molar-refractivity contribution in [2.24, 2.45) is 0 Å². The summed E-state index contributed by atoms with van der Waals surface area (Å²) < 4.78 is 6.27. The van der Waals surface area contributed by atoms with E-state index in [0.717, 1.165) is 25.1 Å². The van der Waals surface area contributed by atoms with Crippen LogP contribution in [0.3, 0.4) is 0 Å². The van der Waals surface area contributed by atoms with Crippen LogP contribution < -0.4 is 10.1 Å². The monoisotopic (exact) mass is 281 g/mol. The van der Waals surface area contributed by atoms with Crippen LogP contribution in [-0.4, -0.2) is 12.6 Å². The standard InChI is InChI=1S/C19H23NO/c1-3-20-19-17-7-5-4-6-15(17)10-13-18(19)21-16-11-8-14(2)9-12-16/h4-9,11-12,18-20H,3,10,13H2,1-2H3. The van der Waals surface area contributed by atoms with Gasteiger partial charge in [-0.3, -0.25) is 0 Å². The van der Waals surface area contributed by atoms with E-state index in [2.05, 4.69) is 67.7 Å². The van der Waals surface area contributed by atoms with Gasteiger partial charge in [0.1, 0.15) is 11.9 Å². The van der Waals surface area contributed by atoms with Gasteiger partial charge in [-0.25, -0.2) is 0 Å². The van der Waals surface area contributed by atoms with Gasteiger partial charge in [0, 0.05) is 0 Å². The molecule has 0 saturated heterocycles. The maximum atomic E-state index is 6.27. The molecule has 2 nitrogen and oxygen atoms in total. The first-order chi connectivity index (χ1) is 10.3. The van der Waals surface area contributed by atoms with Gasteiger partial charge in [-0.05, 0) is 49.6 Å². The van der Waals surface area contributed by atoms with E-state index in [1.165, 1.54) is 16.7 Å². The van der Waals surface area contributed by atoms with Crippen LogP contribution in [-0.2, 0) is 6.42 Å². The van der Waals surface area contributed by atoms with Crippen LogP contribution >= 0.6 is 0 Å². The molecule has 0 aliphatic heterocycles. The lowest BCUT2D eigenvalue weighted by atomic mass is 9.85. The number of nitrogens with one attached hydrogen (secondary N) is 1.